The Morgan fingerprint density at radius 3 is 2.55 bits per heavy atom. The molecular formula is C17H25NO2. The summed E-state index contributed by atoms with van der Waals surface area (Å²) in [5.41, 5.74) is 2.41. The van der Waals surface area contributed by atoms with Gasteiger partial charge in [0, 0.05) is 11.2 Å². The second-order valence-corrected chi connectivity index (χ2v) is 7.13. The molecular weight excluding hydrogens is 250 g/mol. The largest absolute Gasteiger partial charge is 0.480 e. The zero-order valence-corrected chi connectivity index (χ0v) is 13.3. The van der Waals surface area contributed by atoms with Crippen LogP contribution in [0, 0.1) is 6.92 Å². The Hall–Kier alpha value is -1.51. The van der Waals surface area contributed by atoms with E-state index in [9.17, 15) is 9.90 Å². The van der Waals surface area contributed by atoms with Gasteiger partial charge in [0.2, 0.25) is 0 Å². The van der Waals surface area contributed by atoms with Crippen molar-refractivity contribution in [1.29, 1.82) is 0 Å². The minimum atomic E-state index is -0.926. The summed E-state index contributed by atoms with van der Waals surface area (Å²) in [7, 11) is 0. The highest BCUT2D eigenvalue weighted by atomic mass is 16.4. The summed E-state index contributed by atoms with van der Waals surface area (Å²) in [6.07, 6.45) is 0.958. The minimum absolute atomic E-state index is 0.180. The van der Waals surface area contributed by atoms with Gasteiger partial charge < -0.3 is 10.0 Å². The second-order valence-electron chi connectivity index (χ2n) is 7.13. The maximum Gasteiger partial charge on any atom is 0.328 e. The topological polar surface area (TPSA) is 40.5 Å². The van der Waals surface area contributed by atoms with Crippen molar-refractivity contribution in [3.63, 3.8) is 0 Å². The number of nitrogens with zero attached hydrogens (tertiary/aromatic N) is 1. The summed E-state index contributed by atoms with van der Waals surface area (Å²) < 4.78 is 0. The summed E-state index contributed by atoms with van der Waals surface area (Å²) in [5.74, 6) is -0.338. The van der Waals surface area contributed by atoms with Gasteiger partial charge in [-0.1, -0.05) is 25.1 Å². The lowest BCUT2D eigenvalue weighted by Crippen LogP contribution is -2.62. The van der Waals surface area contributed by atoms with E-state index in [1.807, 2.05) is 0 Å². The number of aliphatic carboxylic acids is 1. The number of carboxylic acids is 1. The van der Waals surface area contributed by atoms with Crippen molar-refractivity contribution in [1.82, 2.24) is 0 Å². The first kappa shape index (κ1) is 14.9. The predicted molar refractivity (Wildman–Crippen MR) is 82.5 cm³/mol. The van der Waals surface area contributed by atoms with Crippen LogP contribution in [0.2, 0.25) is 0 Å². The molecule has 3 heteroatoms. The van der Waals surface area contributed by atoms with Crippen LogP contribution in [0.25, 0.3) is 0 Å². The number of aryl methyl sites for hydroxylation is 1. The van der Waals surface area contributed by atoms with Gasteiger partial charge in [-0.25, -0.2) is 4.79 Å². The molecule has 1 unspecified atom stereocenters. The summed E-state index contributed by atoms with van der Waals surface area (Å²) in [6, 6.07) is 6.26. The van der Waals surface area contributed by atoms with E-state index in [0.717, 1.165) is 17.7 Å². The average molecular weight is 275 g/mol. The maximum absolute atomic E-state index is 11.8. The van der Waals surface area contributed by atoms with Crippen LogP contribution in [0.1, 0.15) is 58.1 Å². The third-order valence-corrected chi connectivity index (χ3v) is 4.52. The third-order valence-electron chi connectivity index (χ3n) is 4.52. The molecule has 0 spiro atoms. The maximum atomic E-state index is 11.8. The van der Waals surface area contributed by atoms with Crippen molar-refractivity contribution < 1.29 is 9.90 Å². The molecule has 1 aromatic carbocycles. The molecule has 0 saturated carbocycles. The van der Waals surface area contributed by atoms with Gasteiger partial charge in [-0.2, -0.15) is 0 Å². The molecule has 0 saturated heterocycles. The fraction of sp³-hybridized carbons (Fsp3) is 0.588. The molecule has 1 atom stereocenters. The molecule has 2 rings (SSSR count). The van der Waals surface area contributed by atoms with E-state index in [1.165, 1.54) is 5.56 Å². The van der Waals surface area contributed by atoms with Crippen LogP contribution in [-0.4, -0.2) is 22.2 Å². The highest BCUT2D eigenvalue weighted by Crippen LogP contribution is 2.48. The summed E-state index contributed by atoms with van der Waals surface area (Å²) in [6.45, 7) is 12.2. The van der Waals surface area contributed by atoms with Crippen molar-refractivity contribution in [3.8, 4) is 0 Å². The zero-order chi connectivity index (χ0) is 15.3. The van der Waals surface area contributed by atoms with Crippen molar-refractivity contribution in [3.05, 3.63) is 29.3 Å². The first-order valence-corrected chi connectivity index (χ1v) is 7.22. The van der Waals surface area contributed by atoms with Crippen molar-refractivity contribution >= 4 is 11.7 Å². The van der Waals surface area contributed by atoms with Crippen LogP contribution in [-0.2, 0) is 4.79 Å². The van der Waals surface area contributed by atoms with E-state index >= 15 is 0 Å². The molecule has 1 aromatic rings. The minimum Gasteiger partial charge on any atom is -0.480 e. The van der Waals surface area contributed by atoms with Gasteiger partial charge >= 0.3 is 5.97 Å². The van der Waals surface area contributed by atoms with Crippen LogP contribution in [0.4, 0.5) is 5.69 Å². The van der Waals surface area contributed by atoms with Crippen LogP contribution in [0.5, 0.6) is 0 Å². The summed E-state index contributed by atoms with van der Waals surface area (Å²) in [4.78, 5) is 13.9. The highest BCUT2D eigenvalue weighted by molar-refractivity contribution is 5.85. The molecule has 1 aliphatic heterocycles. The Morgan fingerprint density at radius 2 is 2.00 bits per heavy atom. The average Bonchev–Trinajstić information content (AvgIpc) is 2.28. The molecule has 0 fully saturated rings. The molecule has 0 aromatic heterocycles. The smallest absolute Gasteiger partial charge is 0.328 e. The van der Waals surface area contributed by atoms with Crippen LogP contribution < -0.4 is 4.90 Å². The van der Waals surface area contributed by atoms with E-state index in [-0.39, 0.29) is 5.54 Å². The predicted octanol–water partition coefficient (Wildman–Crippen LogP) is 3.95. The molecule has 1 aliphatic rings. The van der Waals surface area contributed by atoms with E-state index in [4.69, 9.17) is 0 Å². The fourth-order valence-electron chi connectivity index (χ4n) is 3.77. The van der Waals surface area contributed by atoms with Gasteiger partial charge in [0.1, 0.15) is 5.54 Å². The van der Waals surface area contributed by atoms with Crippen molar-refractivity contribution in [2.24, 2.45) is 0 Å². The van der Waals surface area contributed by atoms with E-state index in [1.54, 1.807) is 13.8 Å². The third kappa shape index (κ3) is 2.09. The molecule has 20 heavy (non-hydrogen) atoms. The zero-order valence-electron chi connectivity index (χ0n) is 13.3. The molecule has 0 bridgehead atoms. The molecule has 0 aliphatic carbocycles. The van der Waals surface area contributed by atoms with Crippen LogP contribution in [0.15, 0.2) is 18.2 Å². The number of para-hydroxylation sites is 1. The monoisotopic (exact) mass is 275 g/mol. The van der Waals surface area contributed by atoms with Crippen molar-refractivity contribution in [2.75, 3.05) is 4.90 Å². The quantitative estimate of drug-likeness (QED) is 0.888. The van der Waals surface area contributed by atoms with Gasteiger partial charge in [0.15, 0.2) is 0 Å². The summed E-state index contributed by atoms with van der Waals surface area (Å²) in [5, 5.41) is 9.67. The SMILES string of the molecule is Cc1cccc2c1N(C(C)(C)C(=O)O)C(C)(C)CC2C. The van der Waals surface area contributed by atoms with Gasteiger partial charge in [-0.05, 0) is 58.1 Å². The fourth-order valence-corrected chi connectivity index (χ4v) is 3.77. The lowest BCUT2D eigenvalue weighted by atomic mass is 9.76. The molecule has 1 N–H and O–H groups in total. The second kappa shape index (κ2) is 4.51. The van der Waals surface area contributed by atoms with E-state index in [0.29, 0.717) is 5.92 Å². The van der Waals surface area contributed by atoms with Gasteiger partial charge in [-0.15, -0.1) is 0 Å². The van der Waals surface area contributed by atoms with E-state index in [2.05, 4.69) is 50.8 Å². The Morgan fingerprint density at radius 1 is 1.40 bits per heavy atom. The summed E-state index contributed by atoms with van der Waals surface area (Å²) >= 11 is 0. The standard InChI is InChI=1S/C17H25NO2/c1-11-8-7-9-13-12(2)10-16(3,4)18(14(11)13)17(5,6)15(19)20/h7-9,12H,10H2,1-6H3,(H,19,20). The van der Waals surface area contributed by atoms with Crippen LogP contribution >= 0.6 is 0 Å². The number of anilines is 1. The Balaban J connectivity index is 2.72. The normalized spacial score (nSPS) is 21.5. The Labute approximate surface area is 121 Å². The Kier molecular flexibility index (Phi) is 3.35. The highest BCUT2D eigenvalue weighted by Gasteiger charge is 2.47. The number of hydrogen-bond acceptors (Lipinski definition) is 2. The van der Waals surface area contributed by atoms with Crippen molar-refractivity contribution in [2.45, 2.75) is 65.0 Å². The molecule has 0 radical (unpaired) electrons. The van der Waals surface area contributed by atoms with Gasteiger partial charge in [0.05, 0.1) is 0 Å². The lowest BCUT2D eigenvalue weighted by molar-refractivity contribution is -0.142. The first-order chi connectivity index (χ1) is 9.09. The number of hydrogen-bond donors (Lipinski definition) is 1. The lowest BCUT2D eigenvalue weighted by Gasteiger charge is -2.54. The number of benzene rings is 1. The number of rotatable bonds is 2. The molecule has 110 valence electrons. The van der Waals surface area contributed by atoms with Gasteiger partial charge in [-0.3, -0.25) is 0 Å². The number of fused-ring (bicyclic) bond motifs is 1. The number of carbonyl (C=O) groups is 1. The first-order valence-electron chi connectivity index (χ1n) is 7.22. The van der Waals surface area contributed by atoms with Crippen LogP contribution in [0.3, 0.4) is 0 Å². The Bertz CT molecular complexity index is 546. The van der Waals surface area contributed by atoms with Gasteiger partial charge in [0.25, 0.3) is 0 Å². The molecule has 0 amide bonds. The van der Waals surface area contributed by atoms with E-state index < -0.39 is 11.5 Å². The molecule has 1 heterocycles. The number of carboxylic acid groups (broad SMARTS) is 1. The molecule has 3 nitrogen and oxygen atoms in total.